The Morgan fingerprint density at radius 3 is 2.66 bits per heavy atom. The molecule has 0 amide bonds. The molecule has 0 radical (unpaired) electrons. The average molecular weight is 398 g/mol. The fourth-order valence-corrected chi connectivity index (χ4v) is 3.95. The van der Waals surface area contributed by atoms with Gasteiger partial charge >= 0.3 is 0 Å². The number of nitrogens with zero attached hydrogens (tertiary/aromatic N) is 3. The number of benzene rings is 2. The molecule has 4 nitrogen and oxygen atoms in total. The number of hydrogen-bond donors (Lipinski definition) is 1. The SMILES string of the molecule is Cc1nc2ccc(F)cc2n1-c1ccc(N=C2CCCCC2C(=N)C(F)F)cc1. The van der Waals surface area contributed by atoms with Gasteiger partial charge in [-0.05, 0) is 62.6 Å². The Morgan fingerprint density at radius 1 is 1.17 bits per heavy atom. The van der Waals surface area contributed by atoms with Crippen molar-refractivity contribution in [2.75, 3.05) is 0 Å². The third-order valence-corrected chi connectivity index (χ3v) is 5.35. The lowest BCUT2D eigenvalue weighted by molar-refractivity contribution is 0.218. The van der Waals surface area contributed by atoms with E-state index in [9.17, 15) is 13.2 Å². The molecule has 2 aromatic carbocycles. The molecule has 7 heteroatoms. The summed E-state index contributed by atoms with van der Waals surface area (Å²) in [7, 11) is 0. The van der Waals surface area contributed by atoms with Gasteiger partial charge in [-0.2, -0.15) is 0 Å². The first-order valence-electron chi connectivity index (χ1n) is 9.63. The van der Waals surface area contributed by atoms with Crippen molar-refractivity contribution in [2.24, 2.45) is 10.9 Å². The molecule has 1 heterocycles. The molecule has 1 unspecified atom stereocenters. The summed E-state index contributed by atoms with van der Waals surface area (Å²) in [5.41, 5.74) is 2.98. The van der Waals surface area contributed by atoms with Crippen LogP contribution in [-0.2, 0) is 0 Å². The highest BCUT2D eigenvalue weighted by Gasteiger charge is 2.29. The summed E-state index contributed by atoms with van der Waals surface area (Å²) in [6, 6.07) is 11.8. The van der Waals surface area contributed by atoms with Gasteiger partial charge in [-0.25, -0.2) is 18.2 Å². The number of fused-ring (bicyclic) bond motifs is 1. The molecule has 29 heavy (non-hydrogen) atoms. The second-order valence-electron chi connectivity index (χ2n) is 7.30. The Labute approximate surface area is 166 Å². The fraction of sp³-hybridized carbons (Fsp3) is 0.318. The van der Waals surface area contributed by atoms with Gasteiger partial charge in [-0.3, -0.25) is 9.56 Å². The normalized spacial score (nSPS) is 18.7. The molecule has 1 aliphatic rings. The number of hydrogen-bond acceptors (Lipinski definition) is 3. The fourth-order valence-electron chi connectivity index (χ4n) is 3.95. The minimum absolute atomic E-state index is 0.327. The molecule has 4 rings (SSSR count). The topological polar surface area (TPSA) is 54.0 Å². The van der Waals surface area contributed by atoms with Gasteiger partial charge in [0.25, 0.3) is 6.43 Å². The second-order valence-corrected chi connectivity index (χ2v) is 7.30. The molecule has 0 saturated heterocycles. The largest absolute Gasteiger partial charge is 0.303 e. The Morgan fingerprint density at radius 2 is 1.93 bits per heavy atom. The highest BCUT2D eigenvalue weighted by molar-refractivity contribution is 6.08. The van der Waals surface area contributed by atoms with Crippen LogP contribution in [-0.4, -0.2) is 27.4 Å². The first kappa shape index (κ1) is 19.4. The molecule has 0 bridgehead atoms. The number of aromatic nitrogens is 2. The van der Waals surface area contributed by atoms with E-state index in [-0.39, 0.29) is 5.82 Å². The zero-order chi connectivity index (χ0) is 20.5. The summed E-state index contributed by atoms with van der Waals surface area (Å²) >= 11 is 0. The third kappa shape index (κ3) is 3.81. The quantitative estimate of drug-likeness (QED) is 0.537. The third-order valence-electron chi connectivity index (χ3n) is 5.35. The molecule has 150 valence electrons. The molecular weight excluding hydrogens is 377 g/mol. The lowest BCUT2D eigenvalue weighted by atomic mass is 9.84. The monoisotopic (exact) mass is 398 g/mol. The predicted molar refractivity (Wildman–Crippen MR) is 109 cm³/mol. The molecule has 0 aliphatic heterocycles. The molecule has 1 aromatic heterocycles. The highest BCUT2D eigenvalue weighted by Crippen LogP contribution is 2.29. The standard InChI is InChI=1S/C22H21F3N4/c1-13-27-19-11-6-14(23)12-20(19)29(13)16-9-7-15(8-10-16)28-18-5-3-2-4-17(18)21(26)22(24)25/h6-12,17,22,26H,2-5H2,1H3. The Bertz CT molecular complexity index is 1080. The molecule has 1 saturated carbocycles. The van der Waals surface area contributed by atoms with E-state index in [4.69, 9.17) is 5.41 Å². The van der Waals surface area contributed by atoms with E-state index in [1.807, 2.05) is 35.8 Å². The van der Waals surface area contributed by atoms with Crippen molar-refractivity contribution in [1.29, 1.82) is 5.41 Å². The van der Waals surface area contributed by atoms with Crippen LogP contribution < -0.4 is 0 Å². The summed E-state index contributed by atoms with van der Waals surface area (Å²) in [5, 5.41) is 7.71. The van der Waals surface area contributed by atoms with Crippen LogP contribution in [0.25, 0.3) is 16.7 Å². The molecule has 1 N–H and O–H groups in total. The minimum atomic E-state index is -2.75. The number of halogens is 3. The van der Waals surface area contributed by atoms with Crippen LogP contribution in [0.15, 0.2) is 47.5 Å². The van der Waals surface area contributed by atoms with Crippen LogP contribution in [0.2, 0.25) is 0 Å². The van der Waals surface area contributed by atoms with Crippen molar-refractivity contribution in [3.8, 4) is 5.69 Å². The van der Waals surface area contributed by atoms with E-state index < -0.39 is 18.1 Å². The minimum Gasteiger partial charge on any atom is -0.303 e. The summed E-state index contributed by atoms with van der Waals surface area (Å²) in [5.74, 6) is -0.167. The maximum atomic E-state index is 13.7. The number of alkyl halides is 2. The van der Waals surface area contributed by atoms with Crippen molar-refractivity contribution in [3.05, 3.63) is 54.1 Å². The van der Waals surface area contributed by atoms with Gasteiger partial charge in [0, 0.05) is 23.4 Å². The van der Waals surface area contributed by atoms with Crippen molar-refractivity contribution in [1.82, 2.24) is 9.55 Å². The number of nitrogens with one attached hydrogen (secondary N) is 1. The van der Waals surface area contributed by atoms with E-state index in [0.717, 1.165) is 24.4 Å². The zero-order valence-electron chi connectivity index (χ0n) is 16.0. The first-order valence-corrected chi connectivity index (χ1v) is 9.63. The van der Waals surface area contributed by atoms with Crippen molar-refractivity contribution >= 4 is 28.1 Å². The van der Waals surface area contributed by atoms with Gasteiger partial charge in [0.1, 0.15) is 11.6 Å². The summed E-state index contributed by atoms with van der Waals surface area (Å²) in [6.45, 7) is 1.86. The zero-order valence-corrected chi connectivity index (χ0v) is 16.0. The van der Waals surface area contributed by atoms with E-state index in [2.05, 4.69) is 9.98 Å². The van der Waals surface area contributed by atoms with Gasteiger partial charge in [0.15, 0.2) is 0 Å². The molecule has 1 atom stereocenters. The van der Waals surface area contributed by atoms with Gasteiger partial charge < -0.3 is 5.41 Å². The van der Waals surface area contributed by atoms with Gasteiger partial charge in [-0.1, -0.05) is 6.42 Å². The van der Waals surface area contributed by atoms with Crippen molar-refractivity contribution < 1.29 is 13.2 Å². The van der Waals surface area contributed by atoms with Crippen LogP contribution in [0.5, 0.6) is 0 Å². The van der Waals surface area contributed by atoms with Gasteiger partial charge in [-0.15, -0.1) is 0 Å². The van der Waals surface area contributed by atoms with E-state index >= 15 is 0 Å². The van der Waals surface area contributed by atoms with Crippen LogP contribution in [0, 0.1) is 24.1 Å². The number of aryl methyl sites for hydroxylation is 1. The molecular formula is C22H21F3N4. The Hall–Kier alpha value is -2.96. The molecule has 1 aliphatic carbocycles. The van der Waals surface area contributed by atoms with Gasteiger partial charge in [0.05, 0.1) is 22.4 Å². The average Bonchev–Trinajstić information content (AvgIpc) is 3.03. The molecule has 0 spiro atoms. The van der Waals surface area contributed by atoms with Crippen molar-refractivity contribution in [3.63, 3.8) is 0 Å². The summed E-state index contributed by atoms with van der Waals surface area (Å²) in [6.07, 6.45) is 0.165. The maximum Gasteiger partial charge on any atom is 0.276 e. The van der Waals surface area contributed by atoms with Crippen LogP contribution >= 0.6 is 0 Å². The van der Waals surface area contributed by atoms with Gasteiger partial charge in [0.2, 0.25) is 0 Å². The molecule has 3 aromatic rings. The Kier molecular flexibility index (Phi) is 5.22. The summed E-state index contributed by atoms with van der Waals surface area (Å²) < 4.78 is 41.6. The van der Waals surface area contributed by atoms with Crippen LogP contribution in [0.1, 0.15) is 31.5 Å². The van der Waals surface area contributed by atoms with E-state index in [1.165, 1.54) is 12.1 Å². The van der Waals surface area contributed by atoms with E-state index in [0.29, 0.717) is 35.3 Å². The van der Waals surface area contributed by atoms with E-state index in [1.54, 1.807) is 6.07 Å². The number of rotatable bonds is 4. The smallest absolute Gasteiger partial charge is 0.276 e. The number of imidazole rings is 1. The number of aliphatic imine (C=N–C) groups is 1. The second kappa shape index (κ2) is 7.81. The lowest BCUT2D eigenvalue weighted by Gasteiger charge is -2.24. The first-order chi connectivity index (χ1) is 13.9. The van der Waals surface area contributed by atoms with Crippen molar-refractivity contribution in [2.45, 2.75) is 39.0 Å². The lowest BCUT2D eigenvalue weighted by Crippen LogP contribution is -2.31. The molecule has 1 fully saturated rings. The maximum absolute atomic E-state index is 13.7. The van der Waals surface area contributed by atoms with Crippen LogP contribution in [0.3, 0.4) is 0 Å². The highest BCUT2D eigenvalue weighted by atomic mass is 19.3. The Balaban J connectivity index is 1.66. The summed E-state index contributed by atoms with van der Waals surface area (Å²) in [4.78, 5) is 9.05. The predicted octanol–water partition coefficient (Wildman–Crippen LogP) is 6.02. The van der Waals surface area contributed by atoms with Crippen LogP contribution in [0.4, 0.5) is 18.9 Å².